The predicted octanol–water partition coefficient (Wildman–Crippen LogP) is 3.88. The summed E-state index contributed by atoms with van der Waals surface area (Å²) in [6.45, 7) is 0.516. The molecule has 0 amide bonds. The van der Waals surface area contributed by atoms with Gasteiger partial charge in [0.05, 0.1) is 21.1 Å². The Labute approximate surface area is 150 Å². The lowest BCUT2D eigenvalue weighted by molar-refractivity contribution is 0.104. The van der Waals surface area contributed by atoms with E-state index in [0.29, 0.717) is 22.7 Å². The molecule has 0 bridgehead atoms. The number of hydrogen-bond acceptors (Lipinski definition) is 5. The second-order valence-electron chi connectivity index (χ2n) is 5.88. The summed E-state index contributed by atoms with van der Waals surface area (Å²) in [6.07, 6.45) is 0. The summed E-state index contributed by atoms with van der Waals surface area (Å²) < 4.78 is 25.5. The zero-order valence-corrected chi connectivity index (χ0v) is 14.9. The van der Waals surface area contributed by atoms with Gasteiger partial charge in [-0.15, -0.1) is 11.3 Å². The molecule has 1 aromatic heterocycles. The molecule has 2 aromatic carbocycles. The van der Waals surface area contributed by atoms with Crippen molar-refractivity contribution in [3.8, 4) is 0 Å². The molecule has 2 heterocycles. The van der Waals surface area contributed by atoms with E-state index in [1.807, 2.05) is 30.3 Å². The number of carbonyl (C=O) groups excluding carboxylic acids is 1. The van der Waals surface area contributed by atoms with Gasteiger partial charge in [0.25, 0.3) is 0 Å². The maximum absolute atomic E-state index is 13.0. The number of hydrogen-bond donors (Lipinski definition) is 1. The molecule has 4 rings (SSSR count). The molecule has 4 nitrogen and oxygen atoms in total. The van der Waals surface area contributed by atoms with Gasteiger partial charge >= 0.3 is 0 Å². The van der Waals surface area contributed by atoms with E-state index in [0.717, 1.165) is 5.56 Å². The Hall–Kier alpha value is -2.44. The lowest BCUT2D eigenvalue weighted by Crippen LogP contribution is -2.11. The van der Waals surface area contributed by atoms with Gasteiger partial charge in [0.1, 0.15) is 0 Å². The third-order valence-electron chi connectivity index (χ3n) is 4.21. The van der Waals surface area contributed by atoms with Crippen molar-refractivity contribution in [3.05, 3.63) is 81.5 Å². The molecule has 0 fully saturated rings. The van der Waals surface area contributed by atoms with E-state index in [1.54, 1.807) is 23.6 Å². The molecule has 126 valence electrons. The number of carbonyl (C=O) groups is 1. The minimum atomic E-state index is -3.55. The normalized spacial score (nSPS) is 15.1. The maximum Gasteiger partial charge on any atom is 0.206 e. The number of benzene rings is 2. The second kappa shape index (κ2) is 6.13. The van der Waals surface area contributed by atoms with E-state index in [1.165, 1.54) is 17.4 Å². The summed E-state index contributed by atoms with van der Waals surface area (Å²) in [7, 11) is -3.55. The van der Waals surface area contributed by atoms with Crippen molar-refractivity contribution in [2.24, 2.45) is 0 Å². The van der Waals surface area contributed by atoms with Gasteiger partial charge in [-0.3, -0.25) is 4.79 Å². The zero-order chi connectivity index (χ0) is 17.4. The average molecular weight is 369 g/mol. The van der Waals surface area contributed by atoms with Crippen LogP contribution in [-0.4, -0.2) is 14.2 Å². The van der Waals surface area contributed by atoms with E-state index in [-0.39, 0.29) is 22.0 Å². The van der Waals surface area contributed by atoms with Gasteiger partial charge in [-0.1, -0.05) is 36.4 Å². The predicted molar refractivity (Wildman–Crippen MR) is 98.9 cm³/mol. The number of ketones is 1. The number of nitrogens with one attached hydrogen (secondary N) is 1. The first-order chi connectivity index (χ1) is 12.1. The fourth-order valence-corrected chi connectivity index (χ4v) is 5.58. The summed E-state index contributed by atoms with van der Waals surface area (Å²) >= 11 is 1.29. The topological polar surface area (TPSA) is 63.2 Å². The molecule has 0 saturated carbocycles. The first-order valence-electron chi connectivity index (χ1n) is 7.81. The molecule has 0 aliphatic carbocycles. The Bertz CT molecular complexity index is 1050. The highest BCUT2D eigenvalue weighted by molar-refractivity contribution is 7.90. The molecule has 0 saturated heterocycles. The molecule has 0 unspecified atom stereocenters. The van der Waals surface area contributed by atoms with Crippen LogP contribution in [-0.2, 0) is 22.1 Å². The Morgan fingerprint density at radius 3 is 2.60 bits per heavy atom. The summed E-state index contributed by atoms with van der Waals surface area (Å²) in [6, 6.07) is 16.4. The lowest BCUT2D eigenvalue weighted by atomic mass is 10.0. The number of rotatable bonds is 3. The van der Waals surface area contributed by atoms with Gasteiger partial charge in [0, 0.05) is 12.2 Å². The van der Waals surface area contributed by atoms with Crippen LogP contribution in [0.15, 0.2) is 64.9 Å². The van der Waals surface area contributed by atoms with Crippen LogP contribution in [0.2, 0.25) is 0 Å². The van der Waals surface area contributed by atoms with Crippen LogP contribution in [0.25, 0.3) is 0 Å². The Morgan fingerprint density at radius 2 is 1.80 bits per heavy atom. The first-order valence-corrected chi connectivity index (χ1v) is 10.3. The van der Waals surface area contributed by atoms with Gasteiger partial charge < -0.3 is 5.32 Å². The van der Waals surface area contributed by atoms with Crippen LogP contribution in [0.1, 0.15) is 26.4 Å². The first kappa shape index (κ1) is 16.1. The minimum absolute atomic E-state index is 0.110. The van der Waals surface area contributed by atoms with Gasteiger partial charge in [-0.05, 0) is 34.7 Å². The molecule has 0 atom stereocenters. The van der Waals surface area contributed by atoms with Crippen LogP contribution < -0.4 is 5.32 Å². The number of sulfone groups is 1. The molecular formula is C19H15NO3S2. The smallest absolute Gasteiger partial charge is 0.206 e. The maximum atomic E-state index is 13.0. The number of anilines is 1. The van der Waals surface area contributed by atoms with Gasteiger partial charge in [-0.2, -0.15) is 0 Å². The van der Waals surface area contributed by atoms with Crippen LogP contribution in [0.3, 0.4) is 0 Å². The molecule has 0 radical (unpaired) electrons. The molecule has 6 heteroatoms. The summed E-state index contributed by atoms with van der Waals surface area (Å²) in [4.78, 5) is 13.6. The third kappa shape index (κ3) is 2.88. The van der Waals surface area contributed by atoms with E-state index >= 15 is 0 Å². The van der Waals surface area contributed by atoms with Crippen molar-refractivity contribution in [1.82, 2.24) is 0 Å². The van der Waals surface area contributed by atoms with Crippen molar-refractivity contribution < 1.29 is 13.2 Å². The standard InChI is InChI=1S/C19H15NO3S2/c21-18-17-15(20-11-13-5-2-1-3-6-13)7-4-8-16(17)25(22,23)12-14-9-10-24-19(14)18/h1-10,20H,11-12H2. The molecule has 1 aliphatic rings. The fraction of sp³-hybridized carbons (Fsp3) is 0.105. The van der Waals surface area contributed by atoms with Crippen LogP contribution in [0, 0.1) is 0 Å². The molecule has 3 aromatic rings. The zero-order valence-electron chi connectivity index (χ0n) is 13.2. The Balaban J connectivity index is 1.81. The Kier molecular flexibility index (Phi) is 3.94. The SMILES string of the molecule is O=C1c2sccc2CS(=O)(=O)c2cccc(NCc3ccccc3)c21. The van der Waals surface area contributed by atoms with Crippen molar-refractivity contribution in [1.29, 1.82) is 0 Å². The fourth-order valence-electron chi connectivity index (χ4n) is 3.01. The van der Waals surface area contributed by atoms with Crippen molar-refractivity contribution in [3.63, 3.8) is 0 Å². The van der Waals surface area contributed by atoms with Crippen molar-refractivity contribution in [2.75, 3.05) is 5.32 Å². The third-order valence-corrected chi connectivity index (χ3v) is 6.87. The Morgan fingerprint density at radius 1 is 1.00 bits per heavy atom. The molecule has 1 N–H and O–H groups in total. The molecule has 25 heavy (non-hydrogen) atoms. The summed E-state index contributed by atoms with van der Waals surface area (Å²) in [5.41, 5.74) is 2.44. The van der Waals surface area contributed by atoms with Crippen molar-refractivity contribution >= 4 is 32.6 Å². The highest BCUT2D eigenvalue weighted by Gasteiger charge is 2.32. The van der Waals surface area contributed by atoms with Gasteiger partial charge in [0.15, 0.2) is 9.84 Å². The number of thiophene rings is 1. The highest BCUT2D eigenvalue weighted by atomic mass is 32.2. The molecule has 1 aliphatic heterocycles. The highest BCUT2D eigenvalue weighted by Crippen LogP contribution is 2.36. The quantitative estimate of drug-likeness (QED) is 0.761. The van der Waals surface area contributed by atoms with Gasteiger partial charge in [0.2, 0.25) is 5.78 Å². The van der Waals surface area contributed by atoms with E-state index < -0.39 is 9.84 Å². The summed E-state index contributed by atoms with van der Waals surface area (Å²) in [5.74, 6) is -0.357. The molecular weight excluding hydrogens is 354 g/mol. The summed E-state index contributed by atoms with van der Waals surface area (Å²) in [5, 5.41) is 4.99. The second-order valence-corrected chi connectivity index (χ2v) is 8.76. The average Bonchev–Trinajstić information content (AvgIpc) is 3.04. The van der Waals surface area contributed by atoms with Crippen LogP contribution in [0.4, 0.5) is 5.69 Å². The van der Waals surface area contributed by atoms with Crippen LogP contribution >= 0.6 is 11.3 Å². The molecule has 0 spiro atoms. The minimum Gasteiger partial charge on any atom is -0.380 e. The number of fused-ring (bicyclic) bond motifs is 2. The lowest BCUT2D eigenvalue weighted by Gasteiger charge is -2.13. The van der Waals surface area contributed by atoms with E-state index in [2.05, 4.69) is 5.32 Å². The monoisotopic (exact) mass is 369 g/mol. The van der Waals surface area contributed by atoms with Gasteiger partial charge in [-0.25, -0.2) is 8.42 Å². The largest absolute Gasteiger partial charge is 0.380 e. The van der Waals surface area contributed by atoms with Crippen LogP contribution in [0.5, 0.6) is 0 Å². The van der Waals surface area contributed by atoms with Crippen molar-refractivity contribution in [2.45, 2.75) is 17.2 Å². The van der Waals surface area contributed by atoms with E-state index in [9.17, 15) is 13.2 Å². The van der Waals surface area contributed by atoms with E-state index in [4.69, 9.17) is 0 Å².